The molecule has 18 heavy (non-hydrogen) atoms. The van der Waals surface area contributed by atoms with Crippen molar-refractivity contribution in [1.29, 1.82) is 0 Å². The zero-order chi connectivity index (χ0) is 13.0. The highest BCUT2D eigenvalue weighted by atomic mass is 16.5. The summed E-state index contributed by atoms with van der Waals surface area (Å²) in [6, 6.07) is 4.33. The lowest BCUT2D eigenvalue weighted by Crippen LogP contribution is -2.57. The summed E-state index contributed by atoms with van der Waals surface area (Å²) in [5.41, 5.74) is 6.96. The maximum absolute atomic E-state index is 5.78. The van der Waals surface area contributed by atoms with Crippen LogP contribution >= 0.6 is 0 Å². The van der Waals surface area contributed by atoms with Crippen molar-refractivity contribution < 1.29 is 4.74 Å². The van der Waals surface area contributed by atoms with Crippen LogP contribution < -0.4 is 11.1 Å². The molecule has 1 saturated carbocycles. The van der Waals surface area contributed by atoms with Crippen molar-refractivity contribution in [3.63, 3.8) is 0 Å². The molecule has 1 aliphatic rings. The van der Waals surface area contributed by atoms with Crippen molar-refractivity contribution in [2.24, 2.45) is 0 Å². The molecule has 1 atom stereocenters. The highest BCUT2D eigenvalue weighted by Gasteiger charge is 2.43. The lowest BCUT2D eigenvalue weighted by molar-refractivity contribution is -0.0978. The lowest BCUT2D eigenvalue weighted by Gasteiger charge is -2.47. The smallest absolute Gasteiger partial charge is 0.123 e. The Hall–Kier alpha value is -1.13. The van der Waals surface area contributed by atoms with E-state index in [1.165, 1.54) is 12.0 Å². The summed E-state index contributed by atoms with van der Waals surface area (Å²) in [6.07, 6.45) is 6.25. The Balaban J connectivity index is 2.11. The zero-order valence-electron chi connectivity index (χ0n) is 11.3. The average molecular weight is 249 g/mol. The van der Waals surface area contributed by atoms with Crippen LogP contribution in [-0.2, 0) is 11.2 Å². The fraction of sp³-hybridized carbons (Fsp3) is 0.643. The molecular weight excluding hydrogens is 226 g/mol. The molecule has 1 heterocycles. The van der Waals surface area contributed by atoms with Crippen LogP contribution in [0.3, 0.4) is 0 Å². The second-order valence-electron chi connectivity index (χ2n) is 5.03. The first-order valence-corrected chi connectivity index (χ1v) is 6.69. The molecule has 0 aromatic carbocycles. The standard InChI is InChI=1S/C14H23N3O/c1-3-16-12(14(18-2)6-4-7-14)9-11-5-8-17-13(15)10-11/h5,8,10,12,16H,3-4,6-7,9H2,1-2H3,(H2,15,17). The number of nitrogens with zero attached hydrogens (tertiary/aromatic N) is 1. The number of ether oxygens (including phenoxy) is 1. The Morgan fingerprint density at radius 1 is 1.56 bits per heavy atom. The summed E-state index contributed by atoms with van der Waals surface area (Å²) < 4.78 is 5.78. The summed E-state index contributed by atoms with van der Waals surface area (Å²) in [5.74, 6) is 0.586. The van der Waals surface area contributed by atoms with E-state index in [0.717, 1.165) is 25.8 Å². The normalized spacial score (nSPS) is 19.2. The highest BCUT2D eigenvalue weighted by molar-refractivity contribution is 5.32. The van der Waals surface area contributed by atoms with Gasteiger partial charge < -0.3 is 15.8 Å². The van der Waals surface area contributed by atoms with E-state index in [0.29, 0.717) is 11.9 Å². The lowest BCUT2D eigenvalue weighted by atomic mass is 9.72. The van der Waals surface area contributed by atoms with Crippen LogP contribution in [-0.4, -0.2) is 30.3 Å². The largest absolute Gasteiger partial charge is 0.384 e. The SMILES string of the molecule is CCNC(Cc1ccnc(N)c1)C1(OC)CCC1. The maximum Gasteiger partial charge on any atom is 0.123 e. The topological polar surface area (TPSA) is 60.2 Å². The van der Waals surface area contributed by atoms with Gasteiger partial charge in [-0.05, 0) is 49.9 Å². The molecule has 4 heteroatoms. The Bertz CT molecular complexity index is 385. The van der Waals surface area contributed by atoms with Gasteiger partial charge in [0.05, 0.1) is 5.60 Å². The van der Waals surface area contributed by atoms with Gasteiger partial charge in [-0.2, -0.15) is 0 Å². The molecule has 4 nitrogen and oxygen atoms in total. The zero-order valence-corrected chi connectivity index (χ0v) is 11.3. The molecule has 2 rings (SSSR count). The van der Waals surface area contributed by atoms with Gasteiger partial charge >= 0.3 is 0 Å². The maximum atomic E-state index is 5.78. The molecule has 1 aliphatic carbocycles. The molecule has 0 saturated heterocycles. The fourth-order valence-corrected chi connectivity index (χ4v) is 2.77. The van der Waals surface area contributed by atoms with Crippen LogP contribution in [0.15, 0.2) is 18.3 Å². The van der Waals surface area contributed by atoms with Gasteiger partial charge in [-0.15, -0.1) is 0 Å². The number of likely N-dealkylation sites (N-methyl/N-ethyl adjacent to an activating group) is 1. The number of methoxy groups -OCH3 is 1. The van der Waals surface area contributed by atoms with Crippen molar-refractivity contribution in [2.75, 3.05) is 19.4 Å². The molecule has 0 amide bonds. The number of rotatable bonds is 6. The molecular formula is C14H23N3O. The molecule has 1 aromatic rings. The van der Waals surface area contributed by atoms with Crippen LogP contribution in [0.4, 0.5) is 5.82 Å². The van der Waals surface area contributed by atoms with Crippen LogP contribution in [0, 0.1) is 0 Å². The van der Waals surface area contributed by atoms with Crippen LogP contribution in [0.2, 0.25) is 0 Å². The van der Waals surface area contributed by atoms with Gasteiger partial charge in [-0.1, -0.05) is 6.92 Å². The number of hydrogen-bond donors (Lipinski definition) is 2. The number of aromatic nitrogens is 1. The van der Waals surface area contributed by atoms with Crippen molar-refractivity contribution in [3.8, 4) is 0 Å². The Morgan fingerprint density at radius 2 is 2.33 bits per heavy atom. The van der Waals surface area contributed by atoms with E-state index in [9.17, 15) is 0 Å². The first-order chi connectivity index (χ1) is 8.70. The number of nitrogens with one attached hydrogen (secondary N) is 1. The van der Waals surface area contributed by atoms with E-state index in [1.807, 2.05) is 19.2 Å². The third kappa shape index (κ3) is 2.65. The Kier molecular flexibility index (Phi) is 4.19. The van der Waals surface area contributed by atoms with Gasteiger partial charge in [-0.25, -0.2) is 4.98 Å². The first-order valence-electron chi connectivity index (χ1n) is 6.69. The van der Waals surface area contributed by atoms with E-state index in [1.54, 1.807) is 6.20 Å². The van der Waals surface area contributed by atoms with Gasteiger partial charge in [0.2, 0.25) is 0 Å². The minimum atomic E-state index is 0.00798. The molecule has 1 aromatic heterocycles. The van der Waals surface area contributed by atoms with Crippen LogP contribution in [0.25, 0.3) is 0 Å². The van der Waals surface area contributed by atoms with Gasteiger partial charge in [0.1, 0.15) is 5.82 Å². The quantitative estimate of drug-likeness (QED) is 0.806. The van der Waals surface area contributed by atoms with Crippen molar-refractivity contribution in [1.82, 2.24) is 10.3 Å². The summed E-state index contributed by atoms with van der Waals surface area (Å²) in [7, 11) is 1.82. The number of hydrogen-bond acceptors (Lipinski definition) is 4. The first kappa shape index (κ1) is 13.3. The van der Waals surface area contributed by atoms with E-state index < -0.39 is 0 Å². The predicted octanol–water partition coefficient (Wildman–Crippen LogP) is 1.75. The van der Waals surface area contributed by atoms with Gasteiger partial charge in [0.15, 0.2) is 0 Å². The minimum Gasteiger partial charge on any atom is -0.384 e. The van der Waals surface area contributed by atoms with Crippen LogP contribution in [0.5, 0.6) is 0 Å². The monoisotopic (exact) mass is 249 g/mol. The highest BCUT2D eigenvalue weighted by Crippen LogP contribution is 2.39. The van der Waals surface area contributed by atoms with Gasteiger partial charge in [0.25, 0.3) is 0 Å². The Labute approximate surface area is 109 Å². The van der Waals surface area contributed by atoms with Crippen molar-refractivity contribution in [3.05, 3.63) is 23.9 Å². The molecule has 1 fully saturated rings. The number of anilines is 1. The molecule has 0 radical (unpaired) electrons. The molecule has 100 valence electrons. The summed E-state index contributed by atoms with van der Waals surface area (Å²) in [6.45, 7) is 3.09. The Morgan fingerprint density at radius 3 is 2.83 bits per heavy atom. The summed E-state index contributed by atoms with van der Waals surface area (Å²) in [4.78, 5) is 4.04. The van der Waals surface area contributed by atoms with E-state index in [4.69, 9.17) is 10.5 Å². The molecule has 1 unspecified atom stereocenters. The third-order valence-corrected chi connectivity index (χ3v) is 3.98. The van der Waals surface area contributed by atoms with Crippen molar-refractivity contribution >= 4 is 5.82 Å². The molecule has 0 bridgehead atoms. The van der Waals surface area contributed by atoms with Gasteiger partial charge in [-0.3, -0.25) is 0 Å². The minimum absolute atomic E-state index is 0.00798. The van der Waals surface area contributed by atoms with E-state index in [2.05, 4.69) is 17.2 Å². The number of pyridine rings is 1. The molecule has 3 N–H and O–H groups in total. The predicted molar refractivity (Wildman–Crippen MR) is 73.4 cm³/mol. The summed E-state index contributed by atoms with van der Waals surface area (Å²) >= 11 is 0. The molecule has 0 spiro atoms. The fourth-order valence-electron chi connectivity index (χ4n) is 2.77. The van der Waals surface area contributed by atoms with Crippen LogP contribution in [0.1, 0.15) is 31.7 Å². The average Bonchev–Trinajstić information content (AvgIpc) is 2.28. The number of nitrogen functional groups attached to an aromatic ring is 1. The van der Waals surface area contributed by atoms with E-state index >= 15 is 0 Å². The van der Waals surface area contributed by atoms with E-state index in [-0.39, 0.29) is 5.60 Å². The second-order valence-corrected chi connectivity index (χ2v) is 5.03. The van der Waals surface area contributed by atoms with Gasteiger partial charge in [0, 0.05) is 19.3 Å². The molecule has 0 aliphatic heterocycles. The summed E-state index contributed by atoms with van der Waals surface area (Å²) in [5, 5.41) is 3.56. The number of nitrogens with two attached hydrogens (primary N) is 1. The van der Waals surface area contributed by atoms with Crippen molar-refractivity contribution in [2.45, 2.75) is 44.2 Å². The third-order valence-electron chi connectivity index (χ3n) is 3.98. The second kappa shape index (κ2) is 5.67.